The molecule has 5 nitrogen and oxygen atoms in total. The highest BCUT2D eigenvalue weighted by Crippen LogP contribution is 2.16. The number of carbonyl (C=O) groups is 2. The van der Waals surface area contributed by atoms with Crippen molar-refractivity contribution in [2.24, 2.45) is 5.92 Å². The maximum absolute atomic E-state index is 10.4. The van der Waals surface area contributed by atoms with Crippen molar-refractivity contribution < 1.29 is 19.8 Å². The van der Waals surface area contributed by atoms with E-state index in [2.05, 4.69) is 20.8 Å². The Kier molecular flexibility index (Phi) is 5.74. The molecule has 5 heteroatoms. The number of aliphatic carboxylic acids is 1. The minimum atomic E-state index is -1.14. The van der Waals surface area contributed by atoms with Crippen LogP contribution in [0.2, 0.25) is 0 Å². The van der Waals surface area contributed by atoms with E-state index in [4.69, 9.17) is 10.2 Å². The Hall–Kier alpha value is -1.26. The van der Waals surface area contributed by atoms with Gasteiger partial charge in [-0.3, -0.25) is 4.90 Å². The summed E-state index contributed by atoms with van der Waals surface area (Å²) in [5, 5.41) is 17.0. The number of amides is 1. The topological polar surface area (TPSA) is 77.8 Å². The predicted molar refractivity (Wildman–Crippen MR) is 55.9 cm³/mol. The Morgan fingerprint density at radius 2 is 1.73 bits per heavy atom. The van der Waals surface area contributed by atoms with Crippen molar-refractivity contribution in [1.82, 2.24) is 4.90 Å². The predicted octanol–water partition coefficient (Wildman–Crippen LogP) is 1.88. The molecule has 1 rings (SSSR count). The lowest BCUT2D eigenvalue weighted by atomic mass is 10.2. The van der Waals surface area contributed by atoms with E-state index in [-0.39, 0.29) is 0 Å². The van der Waals surface area contributed by atoms with Gasteiger partial charge in [0, 0.05) is 6.54 Å². The Morgan fingerprint density at radius 1 is 1.27 bits per heavy atom. The van der Waals surface area contributed by atoms with E-state index < -0.39 is 18.1 Å². The van der Waals surface area contributed by atoms with Gasteiger partial charge in [0.2, 0.25) is 0 Å². The van der Waals surface area contributed by atoms with Crippen molar-refractivity contribution in [3.63, 3.8) is 0 Å². The molecule has 1 atom stereocenters. The molecule has 0 saturated carbocycles. The molecule has 0 radical (unpaired) electrons. The highest BCUT2D eigenvalue weighted by molar-refractivity contribution is 5.79. The minimum Gasteiger partial charge on any atom is -0.480 e. The second-order valence-electron chi connectivity index (χ2n) is 4.20. The second-order valence-corrected chi connectivity index (χ2v) is 4.20. The summed E-state index contributed by atoms with van der Waals surface area (Å²) < 4.78 is 0. The van der Waals surface area contributed by atoms with Crippen molar-refractivity contribution in [2.45, 2.75) is 39.7 Å². The minimum absolute atomic E-state index is 0.340. The van der Waals surface area contributed by atoms with Gasteiger partial charge < -0.3 is 10.2 Å². The first-order valence-electron chi connectivity index (χ1n) is 5.08. The quantitative estimate of drug-likeness (QED) is 0.703. The molecule has 0 bridgehead atoms. The molecule has 1 unspecified atom stereocenters. The van der Waals surface area contributed by atoms with Crippen LogP contribution >= 0.6 is 0 Å². The molecular weight excluding hydrogens is 198 g/mol. The smallest absolute Gasteiger partial charge is 0.408 e. The fraction of sp³-hybridized carbons (Fsp3) is 0.800. The zero-order valence-corrected chi connectivity index (χ0v) is 9.43. The van der Waals surface area contributed by atoms with E-state index in [9.17, 15) is 9.59 Å². The van der Waals surface area contributed by atoms with Crippen LogP contribution in [0.25, 0.3) is 0 Å². The molecule has 0 aromatic heterocycles. The van der Waals surface area contributed by atoms with E-state index in [0.29, 0.717) is 19.4 Å². The summed E-state index contributed by atoms with van der Waals surface area (Å²) in [7, 11) is 0. The highest BCUT2D eigenvalue weighted by atomic mass is 16.4. The van der Waals surface area contributed by atoms with Crippen molar-refractivity contribution in [1.29, 1.82) is 0 Å². The zero-order valence-electron chi connectivity index (χ0n) is 9.43. The molecule has 2 N–H and O–H groups in total. The Morgan fingerprint density at radius 3 is 2.00 bits per heavy atom. The van der Waals surface area contributed by atoms with E-state index in [1.54, 1.807) is 0 Å². The van der Waals surface area contributed by atoms with Crippen LogP contribution in [0.15, 0.2) is 0 Å². The fourth-order valence-electron chi connectivity index (χ4n) is 1.25. The summed E-state index contributed by atoms with van der Waals surface area (Å²) in [4.78, 5) is 21.8. The van der Waals surface area contributed by atoms with E-state index >= 15 is 0 Å². The third-order valence-corrected chi connectivity index (χ3v) is 1.78. The Bertz CT molecular complexity index is 205. The third kappa shape index (κ3) is 5.24. The van der Waals surface area contributed by atoms with Gasteiger partial charge in [0.25, 0.3) is 0 Å². The summed E-state index contributed by atoms with van der Waals surface area (Å²) >= 11 is 0. The molecule has 1 fully saturated rings. The number of carboxylic acid groups (broad SMARTS) is 2. The first-order chi connectivity index (χ1) is 6.86. The molecule has 15 heavy (non-hydrogen) atoms. The van der Waals surface area contributed by atoms with Gasteiger partial charge in [0.05, 0.1) is 0 Å². The standard InChI is InChI=1S/C6H9NO4.C4H10/c8-5(9)4-2-1-3-7(4)6(10)11;1-4(2)3/h4H,1-3H2,(H,8,9)(H,10,11);4H,1-3H3. The molecule has 1 aliphatic heterocycles. The normalized spacial score (nSPS) is 19.7. The van der Waals surface area contributed by atoms with Crippen LogP contribution < -0.4 is 0 Å². The average molecular weight is 217 g/mol. The summed E-state index contributed by atoms with van der Waals surface area (Å²) in [5.41, 5.74) is 0. The van der Waals surface area contributed by atoms with Crippen molar-refractivity contribution in [3.05, 3.63) is 0 Å². The zero-order chi connectivity index (χ0) is 12.0. The van der Waals surface area contributed by atoms with Crippen molar-refractivity contribution >= 4 is 12.1 Å². The summed E-state index contributed by atoms with van der Waals surface area (Å²) in [5.74, 6) is -0.218. The molecule has 0 spiro atoms. The van der Waals surface area contributed by atoms with E-state index in [1.165, 1.54) is 0 Å². The van der Waals surface area contributed by atoms with Gasteiger partial charge in [-0.2, -0.15) is 0 Å². The lowest BCUT2D eigenvalue weighted by Crippen LogP contribution is -2.39. The number of likely N-dealkylation sites (tertiary alicyclic amines) is 1. The molecular formula is C10H19NO4. The maximum Gasteiger partial charge on any atom is 0.408 e. The van der Waals surface area contributed by atoms with Crippen LogP contribution in [-0.2, 0) is 4.79 Å². The van der Waals surface area contributed by atoms with E-state index in [1.807, 2.05) is 0 Å². The summed E-state index contributed by atoms with van der Waals surface area (Å²) in [6.07, 6.45) is -0.0693. The van der Waals surface area contributed by atoms with Crippen molar-refractivity contribution in [2.75, 3.05) is 6.54 Å². The van der Waals surface area contributed by atoms with Crippen LogP contribution in [0, 0.1) is 5.92 Å². The Balaban J connectivity index is 0.000000423. The third-order valence-electron chi connectivity index (χ3n) is 1.78. The highest BCUT2D eigenvalue weighted by Gasteiger charge is 2.33. The monoisotopic (exact) mass is 217 g/mol. The molecule has 0 aromatic rings. The number of nitrogens with zero attached hydrogens (tertiary/aromatic N) is 1. The largest absolute Gasteiger partial charge is 0.480 e. The first-order valence-corrected chi connectivity index (χ1v) is 5.08. The lowest BCUT2D eigenvalue weighted by molar-refractivity contribution is -0.141. The van der Waals surface area contributed by atoms with Gasteiger partial charge >= 0.3 is 12.1 Å². The molecule has 1 amide bonds. The van der Waals surface area contributed by atoms with Gasteiger partial charge in [-0.15, -0.1) is 0 Å². The van der Waals surface area contributed by atoms with Gasteiger partial charge in [0.1, 0.15) is 6.04 Å². The summed E-state index contributed by atoms with van der Waals surface area (Å²) in [6.45, 7) is 6.84. The average Bonchev–Trinajstić information content (AvgIpc) is 2.49. The molecule has 0 aromatic carbocycles. The Labute approximate surface area is 89.7 Å². The molecule has 0 aliphatic carbocycles. The molecule has 88 valence electrons. The van der Waals surface area contributed by atoms with Gasteiger partial charge in [0.15, 0.2) is 0 Å². The number of rotatable bonds is 1. The van der Waals surface area contributed by atoms with Gasteiger partial charge in [-0.1, -0.05) is 20.8 Å². The SMILES string of the molecule is CC(C)C.O=C(O)C1CCCN1C(=O)O. The number of hydrogen-bond acceptors (Lipinski definition) is 2. The van der Waals surface area contributed by atoms with E-state index in [0.717, 1.165) is 10.8 Å². The molecule has 1 aliphatic rings. The van der Waals surface area contributed by atoms with Crippen LogP contribution in [0.3, 0.4) is 0 Å². The fourth-order valence-corrected chi connectivity index (χ4v) is 1.25. The molecule has 1 saturated heterocycles. The van der Waals surface area contributed by atoms with Crippen LogP contribution in [0.4, 0.5) is 4.79 Å². The molecule has 1 heterocycles. The van der Waals surface area contributed by atoms with Gasteiger partial charge in [-0.25, -0.2) is 9.59 Å². The second kappa shape index (κ2) is 6.27. The first kappa shape index (κ1) is 13.7. The number of hydrogen-bond donors (Lipinski definition) is 2. The van der Waals surface area contributed by atoms with Crippen LogP contribution in [-0.4, -0.2) is 39.8 Å². The number of carboxylic acids is 1. The van der Waals surface area contributed by atoms with Crippen LogP contribution in [0.5, 0.6) is 0 Å². The maximum atomic E-state index is 10.4. The summed E-state index contributed by atoms with van der Waals surface area (Å²) in [6, 6.07) is -0.826. The lowest BCUT2D eigenvalue weighted by Gasteiger charge is -2.16. The van der Waals surface area contributed by atoms with Crippen molar-refractivity contribution in [3.8, 4) is 0 Å². The van der Waals surface area contributed by atoms with Crippen LogP contribution in [0.1, 0.15) is 33.6 Å². The van der Waals surface area contributed by atoms with Gasteiger partial charge in [-0.05, 0) is 18.8 Å².